The van der Waals surface area contributed by atoms with E-state index in [4.69, 9.17) is 9.84 Å². The summed E-state index contributed by atoms with van der Waals surface area (Å²) in [7, 11) is 0. The Morgan fingerprint density at radius 2 is 1.92 bits per heavy atom. The molecule has 1 aliphatic rings. The van der Waals surface area contributed by atoms with Crippen molar-refractivity contribution in [3.05, 3.63) is 11.3 Å². The molecule has 0 saturated carbocycles. The molecule has 4 nitrogen and oxygen atoms in total. The highest BCUT2D eigenvalue weighted by Crippen LogP contribution is 2.25. The predicted molar refractivity (Wildman–Crippen MR) is 44.9 cm³/mol. The third kappa shape index (κ3) is 2.57. The van der Waals surface area contributed by atoms with E-state index in [1.54, 1.807) is 0 Å². The van der Waals surface area contributed by atoms with Gasteiger partial charge in [0.1, 0.15) is 5.76 Å². The Kier molecular flexibility index (Phi) is 3.06. The van der Waals surface area contributed by atoms with Gasteiger partial charge in [-0.2, -0.15) is 0 Å². The lowest BCUT2D eigenvalue weighted by molar-refractivity contribution is -0.137. The number of esters is 1. The molecule has 1 aliphatic carbocycles. The summed E-state index contributed by atoms with van der Waals surface area (Å²) in [6.45, 7) is 1.28. The van der Waals surface area contributed by atoms with Crippen molar-refractivity contribution in [1.82, 2.24) is 0 Å². The Hall–Kier alpha value is -1.32. The zero-order valence-corrected chi connectivity index (χ0v) is 7.50. The number of carboxylic acid groups (broad SMARTS) is 1. The third-order valence-electron chi connectivity index (χ3n) is 1.94. The normalized spacial score (nSPS) is 17.0. The maximum atomic E-state index is 10.7. The van der Waals surface area contributed by atoms with Crippen LogP contribution in [0.25, 0.3) is 0 Å². The van der Waals surface area contributed by atoms with Gasteiger partial charge in [0.2, 0.25) is 0 Å². The molecule has 72 valence electrons. The molecule has 0 aromatic rings. The fraction of sp³-hybridized carbons (Fsp3) is 0.556. The topological polar surface area (TPSA) is 63.6 Å². The summed E-state index contributed by atoms with van der Waals surface area (Å²) in [6, 6.07) is 0. The summed E-state index contributed by atoms with van der Waals surface area (Å²) in [6.07, 6.45) is 2.80. The zero-order chi connectivity index (χ0) is 9.84. The second kappa shape index (κ2) is 4.07. The molecular formula is C9H12O4. The van der Waals surface area contributed by atoms with Gasteiger partial charge in [0.25, 0.3) is 0 Å². The van der Waals surface area contributed by atoms with Crippen LogP contribution in [0.4, 0.5) is 0 Å². The molecule has 0 unspecified atom stereocenters. The molecule has 0 atom stereocenters. The van der Waals surface area contributed by atoms with Gasteiger partial charge in [-0.05, 0) is 19.3 Å². The molecule has 0 spiro atoms. The molecule has 1 rings (SSSR count). The highest BCUT2D eigenvalue weighted by atomic mass is 16.5. The largest absolute Gasteiger partial charge is 0.478 e. The SMILES string of the molecule is CC(=O)OC1=C(C(=O)O)CCCC1. The van der Waals surface area contributed by atoms with Crippen molar-refractivity contribution >= 4 is 11.9 Å². The van der Waals surface area contributed by atoms with Crippen LogP contribution >= 0.6 is 0 Å². The van der Waals surface area contributed by atoms with Gasteiger partial charge in [0, 0.05) is 13.3 Å². The molecule has 0 amide bonds. The minimum atomic E-state index is -0.976. The fourth-order valence-electron chi connectivity index (χ4n) is 1.39. The summed E-state index contributed by atoms with van der Waals surface area (Å²) < 4.78 is 4.82. The van der Waals surface area contributed by atoms with Crippen molar-refractivity contribution in [3.63, 3.8) is 0 Å². The molecule has 0 aromatic carbocycles. The number of hydrogen-bond donors (Lipinski definition) is 1. The molecule has 0 aromatic heterocycles. The summed E-state index contributed by atoms with van der Waals surface area (Å²) in [5, 5.41) is 8.77. The van der Waals surface area contributed by atoms with Gasteiger partial charge in [-0.15, -0.1) is 0 Å². The Labute approximate surface area is 76.2 Å². The van der Waals surface area contributed by atoms with E-state index in [-0.39, 0.29) is 5.57 Å². The van der Waals surface area contributed by atoms with Gasteiger partial charge in [0.05, 0.1) is 5.57 Å². The van der Waals surface area contributed by atoms with E-state index >= 15 is 0 Å². The van der Waals surface area contributed by atoms with Crippen molar-refractivity contribution in [2.75, 3.05) is 0 Å². The van der Waals surface area contributed by atoms with E-state index in [0.717, 1.165) is 12.8 Å². The number of hydrogen-bond acceptors (Lipinski definition) is 3. The first-order valence-electron chi connectivity index (χ1n) is 4.25. The minimum absolute atomic E-state index is 0.251. The second-order valence-electron chi connectivity index (χ2n) is 3.01. The van der Waals surface area contributed by atoms with E-state index in [0.29, 0.717) is 18.6 Å². The van der Waals surface area contributed by atoms with Crippen LogP contribution in [0, 0.1) is 0 Å². The summed E-state index contributed by atoms with van der Waals surface area (Å²) in [5.74, 6) is -1.09. The standard InChI is InChI=1S/C9H12O4/c1-6(10)13-8-5-3-2-4-7(8)9(11)12/h2-5H2,1H3,(H,11,12). The molecule has 0 heterocycles. The zero-order valence-electron chi connectivity index (χ0n) is 7.50. The first kappa shape index (κ1) is 9.77. The second-order valence-corrected chi connectivity index (χ2v) is 3.01. The quantitative estimate of drug-likeness (QED) is 0.660. The van der Waals surface area contributed by atoms with E-state index in [1.807, 2.05) is 0 Å². The Morgan fingerprint density at radius 3 is 2.46 bits per heavy atom. The van der Waals surface area contributed by atoms with Crippen LogP contribution in [0.3, 0.4) is 0 Å². The lowest BCUT2D eigenvalue weighted by Gasteiger charge is -2.16. The van der Waals surface area contributed by atoms with E-state index < -0.39 is 11.9 Å². The Bertz CT molecular complexity index is 265. The average Bonchev–Trinajstić information content (AvgIpc) is 2.03. The van der Waals surface area contributed by atoms with Crippen LogP contribution in [0.1, 0.15) is 32.6 Å². The summed E-state index contributed by atoms with van der Waals surface area (Å²) in [5.41, 5.74) is 0.251. The van der Waals surface area contributed by atoms with E-state index in [1.165, 1.54) is 6.92 Å². The van der Waals surface area contributed by atoms with Crippen LogP contribution in [-0.4, -0.2) is 17.0 Å². The van der Waals surface area contributed by atoms with Crippen LogP contribution in [-0.2, 0) is 14.3 Å². The van der Waals surface area contributed by atoms with Crippen LogP contribution < -0.4 is 0 Å². The Morgan fingerprint density at radius 1 is 1.31 bits per heavy atom. The molecule has 13 heavy (non-hydrogen) atoms. The molecule has 1 N–H and O–H groups in total. The monoisotopic (exact) mass is 184 g/mol. The fourth-order valence-corrected chi connectivity index (χ4v) is 1.39. The third-order valence-corrected chi connectivity index (χ3v) is 1.94. The van der Waals surface area contributed by atoms with E-state index in [9.17, 15) is 9.59 Å². The van der Waals surface area contributed by atoms with Gasteiger partial charge >= 0.3 is 11.9 Å². The summed E-state index contributed by atoms with van der Waals surface area (Å²) >= 11 is 0. The average molecular weight is 184 g/mol. The molecule has 0 aliphatic heterocycles. The number of rotatable bonds is 2. The highest BCUT2D eigenvalue weighted by molar-refractivity contribution is 5.87. The van der Waals surface area contributed by atoms with Gasteiger partial charge < -0.3 is 9.84 Å². The van der Waals surface area contributed by atoms with Crippen molar-refractivity contribution in [3.8, 4) is 0 Å². The highest BCUT2D eigenvalue weighted by Gasteiger charge is 2.20. The summed E-state index contributed by atoms with van der Waals surface area (Å²) in [4.78, 5) is 21.3. The van der Waals surface area contributed by atoms with Crippen molar-refractivity contribution < 1.29 is 19.4 Å². The van der Waals surface area contributed by atoms with Crippen molar-refractivity contribution in [1.29, 1.82) is 0 Å². The van der Waals surface area contributed by atoms with E-state index in [2.05, 4.69) is 0 Å². The molecule has 0 saturated heterocycles. The molecule has 4 heteroatoms. The van der Waals surface area contributed by atoms with Crippen molar-refractivity contribution in [2.45, 2.75) is 32.6 Å². The van der Waals surface area contributed by atoms with Gasteiger partial charge in [-0.3, -0.25) is 4.79 Å². The number of allylic oxidation sites excluding steroid dienone is 1. The first-order valence-corrected chi connectivity index (χ1v) is 4.25. The molecule has 0 radical (unpaired) electrons. The number of ether oxygens (including phenoxy) is 1. The van der Waals surface area contributed by atoms with Crippen LogP contribution in [0.2, 0.25) is 0 Å². The maximum Gasteiger partial charge on any atom is 0.334 e. The van der Waals surface area contributed by atoms with Crippen molar-refractivity contribution in [2.24, 2.45) is 0 Å². The van der Waals surface area contributed by atoms with Gasteiger partial charge in [0.15, 0.2) is 0 Å². The predicted octanol–water partition coefficient (Wildman–Crippen LogP) is 1.46. The number of carbonyl (C=O) groups is 2. The molecular weight excluding hydrogens is 172 g/mol. The van der Waals surface area contributed by atoms with Crippen LogP contribution in [0.5, 0.6) is 0 Å². The van der Waals surface area contributed by atoms with Gasteiger partial charge in [-0.1, -0.05) is 0 Å². The Balaban J connectivity index is 2.83. The van der Waals surface area contributed by atoms with Gasteiger partial charge in [-0.25, -0.2) is 4.79 Å². The smallest absolute Gasteiger partial charge is 0.334 e. The number of aliphatic carboxylic acids is 1. The lowest BCUT2D eigenvalue weighted by Crippen LogP contribution is -2.12. The molecule has 0 bridgehead atoms. The number of carbonyl (C=O) groups excluding carboxylic acids is 1. The molecule has 0 fully saturated rings. The van der Waals surface area contributed by atoms with Crippen LogP contribution in [0.15, 0.2) is 11.3 Å². The minimum Gasteiger partial charge on any atom is -0.478 e. The number of carboxylic acids is 1. The first-order chi connectivity index (χ1) is 6.11. The lowest BCUT2D eigenvalue weighted by atomic mass is 9.98. The maximum absolute atomic E-state index is 10.7.